The van der Waals surface area contributed by atoms with Crippen LogP contribution in [-0.4, -0.2) is 25.7 Å². The molecule has 0 spiro atoms. The lowest BCUT2D eigenvalue weighted by molar-refractivity contribution is -0.145. The van der Waals surface area contributed by atoms with Gasteiger partial charge in [-0.25, -0.2) is 0 Å². The van der Waals surface area contributed by atoms with E-state index in [1.807, 2.05) is 13.8 Å². The van der Waals surface area contributed by atoms with Crippen molar-refractivity contribution in [2.75, 3.05) is 13.7 Å². The van der Waals surface area contributed by atoms with Gasteiger partial charge in [0.2, 0.25) is 5.91 Å². The molecule has 0 saturated carbocycles. The van der Waals surface area contributed by atoms with Crippen molar-refractivity contribution in [3.05, 3.63) is 0 Å². The van der Waals surface area contributed by atoms with Gasteiger partial charge in [0.1, 0.15) is 0 Å². The van der Waals surface area contributed by atoms with Crippen molar-refractivity contribution in [3.63, 3.8) is 0 Å². The van der Waals surface area contributed by atoms with E-state index in [4.69, 9.17) is 4.74 Å². The van der Waals surface area contributed by atoms with Gasteiger partial charge in [-0.2, -0.15) is 0 Å². The van der Waals surface area contributed by atoms with E-state index < -0.39 is 0 Å². The fraction of sp³-hybridized carbons (Fsp3) is 0.857. The summed E-state index contributed by atoms with van der Waals surface area (Å²) in [5.41, 5.74) is -0.226. The molecule has 1 amide bonds. The molecule has 0 aromatic carbocycles. The molecule has 0 bridgehead atoms. The molecule has 1 aliphatic heterocycles. The van der Waals surface area contributed by atoms with Gasteiger partial charge in [0.25, 0.3) is 0 Å². The lowest BCUT2D eigenvalue weighted by Crippen LogP contribution is -2.65. The molecule has 1 rings (SSSR count). The van der Waals surface area contributed by atoms with Crippen LogP contribution in [0.3, 0.4) is 0 Å². The highest BCUT2D eigenvalue weighted by atomic mass is 16.5. The monoisotopic (exact) mass is 143 g/mol. The number of hydrogen-bond acceptors (Lipinski definition) is 2. The van der Waals surface area contributed by atoms with Gasteiger partial charge in [-0.15, -0.1) is 0 Å². The van der Waals surface area contributed by atoms with Gasteiger partial charge >= 0.3 is 0 Å². The second-order valence-electron chi connectivity index (χ2n) is 3.20. The second kappa shape index (κ2) is 2.23. The summed E-state index contributed by atoms with van der Waals surface area (Å²) in [6, 6.07) is 0.199. The van der Waals surface area contributed by atoms with Gasteiger partial charge in [-0.05, 0) is 13.8 Å². The highest BCUT2D eigenvalue weighted by Gasteiger charge is 2.46. The van der Waals surface area contributed by atoms with Gasteiger partial charge in [0.05, 0.1) is 18.1 Å². The number of nitrogens with one attached hydrogen (secondary N) is 1. The van der Waals surface area contributed by atoms with Crippen molar-refractivity contribution in [2.45, 2.75) is 19.9 Å². The molecule has 1 fully saturated rings. The van der Waals surface area contributed by atoms with Crippen molar-refractivity contribution >= 4 is 5.91 Å². The molecular formula is C7H13NO2. The predicted octanol–water partition coefficient (Wildman–Crippen LogP) is 0.157. The van der Waals surface area contributed by atoms with E-state index in [1.165, 1.54) is 0 Å². The number of β-lactam (4-membered cyclic amide) rings is 1. The molecule has 58 valence electrons. The maximum Gasteiger partial charge on any atom is 0.228 e. The minimum Gasteiger partial charge on any atom is -0.383 e. The van der Waals surface area contributed by atoms with E-state index in [0.717, 1.165) is 0 Å². The summed E-state index contributed by atoms with van der Waals surface area (Å²) in [5.74, 6) is 0.120. The Hall–Kier alpha value is -0.570. The first kappa shape index (κ1) is 7.54. The smallest absolute Gasteiger partial charge is 0.228 e. The molecule has 3 heteroatoms. The van der Waals surface area contributed by atoms with Crippen LogP contribution in [-0.2, 0) is 9.53 Å². The predicted molar refractivity (Wildman–Crippen MR) is 37.6 cm³/mol. The number of rotatable bonds is 2. The summed E-state index contributed by atoms with van der Waals surface area (Å²) in [7, 11) is 1.64. The Morgan fingerprint density at radius 3 is 2.60 bits per heavy atom. The fourth-order valence-electron chi connectivity index (χ4n) is 1.02. The average Bonchev–Trinajstić information content (AvgIpc) is 1.88. The molecule has 1 N–H and O–H groups in total. The molecule has 0 aliphatic carbocycles. The largest absolute Gasteiger partial charge is 0.383 e. The Balaban J connectivity index is 2.46. The lowest BCUT2D eigenvalue weighted by Gasteiger charge is -2.43. The van der Waals surface area contributed by atoms with Gasteiger partial charge in [-0.1, -0.05) is 0 Å². The van der Waals surface area contributed by atoms with Crippen LogP contribution in [0.25, 0.3) is 0 Å². The fourth-order valence-corrected chi connectivity index (χ4v) is 1.02. The minimum absolute atomic E-state index is 0.120. The summed E-state index contributed by atoms with van der Waals surface area (Å²) < 4.78 is 4.91. The Morgan fingerprint density at radius 1 is 1.70 bits per heavy atom. The van der Waals surface area contributed by atoms with Crippen LogP contribution < -0.4 is 5.32 Å². The third-order valence-corrected chi connectivity index (χ3v) is 2.10. The number of carbonyl (C=O) groups is 1. The maximum absolute atomic E-state index is 10.9. The summed E-state index contributed by atoms with van der Waals surface area (Å²) in [6.07, 6.45) is 0. The summed E-state index contributed by atoms with van der Waals surface area (Å²) >= 11 is 0. The van der Waals surface area contributed by atoms with Crippen LogP contribution in [0.5, 0.6) is 0 Å². The number of methoxy groups -OCH3 is 1. The van der Waals surface area contributed by atoms with Crippen LogP contribution in [0.2, 0.25) is 0 Å². The lowest BCUT2D eigenvalue weighted by atomic mass is 9.77. The van der Waals surface area contributed by atoms with Crippen LogP contribution in [0.15, 0.2) is 0 Å². The molecule has 10 heavy (non-hydrogen) atoms. The van der Waals surface area contributed by atoms with Crippen LogP contribution >= 0.6 is 0 Å². The molecule has 0 radical (unpaired) electrons. The Morgan fingerprint density at radius 2 is 2.30 bits per heavy atom. The molecule has 1 aliphatic rings. The molecule has 1 saturated heterocycles. The first-order valence-corrected chi connectivity index (χ1v) is 3.39. The van der Waals surface area contributed by atoms with Crippen molar-refractivity contribution in [3.8, 4) is 0 Å². The molecule has 0 aromatic rings. The third-order valence-electron chi connectivity index (χ3n) is 2.10. The van der Waals surface area contributed by atoms with Crippen molar-refractivity contribution in [1.29, 1.82) is 0 Å². The molecule has 1 unspecified atom stereocenters. The number of carbonyl (C=O) groups excluding carboxylic acids is 1. The van der Waals surface area contributed by atoms with Crippen molar-refractivity contribution in [1.82, 2.24) is 5.32 Å². The minimum atomic E-state index is -0.226. The molecule has 3 nitrogen and oxygen atoms in total. The molecule has 0 aromatic heterocycles. The number of ether oxygens (including phenoxy) is 1. The SMILES string of the molecule is COCC1NC(=O)C1(C)C. The highest BCUT2D eigenvalue weighted by molar-refractivity contribution is 5.89. The Bertz CT molecular complexity index is 154. The van der Waals surface area contributed by atoms with E-state index >= 15 is 0 Å². The first-order chi connectivity index (χ1) is 4.59. The Kier molecular flexibility index (Phi) is 1.68. The zero-order valence-corrected chi connectivity index (χ0v) is 6.60. The normalized spacial score (nSPS) is 29.1. The zero-order valence-electron chi connectivity index (χ0n) is 6.60. The van der Waals surface area contributed by atoms with Gasteiger partial charge in [0, 0.05) is 7.11 Å². The molecule has 1 atom stereocenters. The molecule has 1 heterocycles. The third kappa shape index (κ3) is 0.904. The van der Waals surface area contributed by atoms with Crippen LogP contribution in [0, 0.1) is 5.41 Å². The van der Waals surface area contributed by atoms with Crippen molar-refractivity contribution < 1.29 is 9.53 Å². The average molecular weight is 143 g/mol. The summed E-state index contributed by atoms with van der Waals surface area (Å²) in [4.78, 5) is 10.9. The molecular weight excluding hydrogens is 130 g/mol. The van der Waals surface area contributed by atoms with E-state index in [1.54, 1.807) is 7.11 Å². The Labute approximate surface area is 60.7 Å². The van der Waals surface area contributed by atoms with Crippen molar-refractivity contribution in [2.24, 2.45) is 5.41 Å². The van der Waals surface area contributed by atoms with Gasteiger partial charge in [-0.3, -0.25) is 4.79 Å². The number of amides is 1. The zero-order chi connectivity index (χ0) is 7.78. The van der Waals surface area contributed by atoms with E-state index in [-0.39, 0.29) is 17.4 Å². The maximum atomic E-state index is 10.9. The highest BCUT2D eigenvalue weighted by Crippen LogP contribution is 2.29. The topological polar surface area (TPSA) is 38.3 Å². The second-order valence-corrected chi connectivity index (χ2v) is 3.20. The van der Waals surface area contributed by atoms with Gasteiger partial charge < -0.3 is 10.1 Å². The first-order valence-electron chi connectivity index (χ1n) is 3.39. The summed E-state index contributed by atoms with van der Waals surface area (Å²) in [6.45, 7) is 4.46. The van der Waals surface area contributed by atoms with Gasteiger partial charge in [0.15, 0.2) is 0 Å². The quantitative estimate of drug-likeness (QED) is 0.559. The van der Waals surface area contributed by atoms with E-state index in [9.17, 15) is 4.79 Å². The van der Waals surface area contributed by atoms with Crippen LogP contribution in [0.4, 0.5) is 0 Å². The van der Waals surface area contributed by atoms with Crippen LogP contribution in [0.1, 0.15) is 13.8 Å². The standard InChI is InChI=1S/C7H13NO2/c1-7(2)5(4-10-3)8-6(7)9/h5H,4H2,1-3H3,(H,8,9). The number of hydrogen-bond donors (Lipinski definition) is 1. The van der Waals surface area contributed by atoms with E-state index in [2.05, 4.69) is 5.32 Å². The summed E-state index contributed by atoms with van der Waals surface area (Å²) in [5, 5.41) is 2.77. The van der Waals surface area contributed by atoms with E-state index in [0.29, 0.717) is 6.61 Å².